The third-order valence-electron chi connectivity index (χ3n) is 11.6. The first-order valence-corrected chi connectivity index (χ1v) is 23.5. The molecule has 0 bridgehead atoms. The molecule has 2 heteroatoms. The van der Waals surface area contributed by atoms with Crippen LogP contribution in [0.25, 0.3) is 0 Å². The Labute approximate surface area is 311 Å². The summed E-state index contributed by atoms with van der Waals surface area (Å²) in [5.41, 5.74) is 0. The van der Waals surface area contributed by atoms with Gasteiger partial charge in [0.15, 0.2) is 0 Å². The Morgan fingerprint density at radius 3 is 0.714 bits per heavy atom. The molecule has 0 N–H and O–H groups in total. The Bertz CT molecular complexity index is 644. The minimum absolute atomic E-state index is 0.637. The highest BCUT2D eigenvalue weighted by Gasteiger charge is 2.24. The Kier molecular flexibility index (Phi) is 36.5. The van der Waals surface area contributed by atoms with E-state index in [-0.39, 0.29) is 0 Å². The van der Waals surface area contributed by atoms with Crippen molar-refractivity contribution in [1.29, 1.82) is 0 Å². The van der Waals surface area contributed by atoms with Gasteiger partial charge in [0.1, 0.15) is 6.17 Å². The lowest BCUT2D eigenvalue weighted by molar-refractivity contribution is 0.135. The van der Waals surface area contributed by atoms with E-state index in [0.717, 1.165) is 0 Å². The van der Waals surface area contributed by atoms with Gasteiger partial charge in [-0.2, -0.15) is 0 Å². The molecule has 2 nitrogen and oxygen atoms in total. The average molecular weight is 687 g/mol. The average Bonchev–Trinajstić information content (AvgIpc) is 3.50. The molecule has 0 spiro atoms. The van der Waals surface area contributed by atoms with Crippen LogP contribution in [0.2, 0.25) is 0 Å². The third kappa shape index (κ3) is 30.7. The molecular formula is C47H94N2. The van der Waals surface area contributed by atoms with Crippen LogP contribution in [0.3, 0.4) is 0 Å². The maximum atomic E-state index is 2.74. The quantitative estimate of drug-likeness (QED) is 0.0591. The first-order valence-electron chi connectivity index (χ1n) is 23.5. The van der Waals surface area contributed by atoms with Crippen molar-refractivity contribution in [3.05, 3.63) is 12.4 Å². The highest BCUT2D eigenvalue weighted by molar-refractivity contribution is 4.97. The summed E-state index contributed by atoms with van der Waals surface area (Å²) in [5.74, 6) is 0. The largest absolute Gasteiger partial charge is 0.356 e. The number of unbranched alkanes of at least 4 members (excludes halogenated alkanes) is 35. The first-order chi connectivity index (χ1) is 24.3. The van der Waals surface area contributed by atoms with Gasteiger partial charge >= 0.3 is 0 Å². The van der Waals surface area contributed by atoms with Crippen LogP contribution in [-0.4, -0.2) is 29.1 Å². The number of hydrogen-bond donors (Lipinski definition) is 0. The Balaban J connectivity index is 2.20. The van der Waals surface area contributed by atoms with E-state index in [9.17, 15) is 0 Å². The van der Waals surface area contributed by atoms with Crippen LogP contribution in [0.4, 0.5) is 0 Å². The van der Waals surface area contributed by atoms with Crippen molar-refractivity contribution < 1.29 is 0 Å². The van der Waals surface area contributed by atoms with E-state index >= 15 is 0 Å². The number of nitrogens with zero attached hydrogens (tertiary/aromatic N) is 2. The normalized spacial score (nSPS) is 14.6. The van der Waals surface area contributed by atoms with Crippen LogP contribution in [-0.2, 0) is 0 Å². The fourth-order valence-corrected chi connectivity index (χ4v) is 8.13. The minimum atomic E-state index is 0.637. The van der Waals surface area contributed by atoms with Crippen molar-refractivity contribution in [3.63, 3.8) is 0 Å². The van der Waals surface area contributed by atoms with E-state index in [1.807, 2.05) is 0 Å². The van der Waals surface area contributed by atoms with Crippen LogP contribution in [0, 0.1) is 0 Å². The van der Waals surface area contributed by atoms with E-state index < -0.39 is 0 Å². The molecule has 0 saturated heterocycles. The lowest BCUT2D eigenvalue weighted by atomic mass is 10.0. The zero-order valence-electron chi connectivity index (χ0n) is 34.6. The molecule has 0 saturated carbocycles. The van der Waals surface area contributed by atoms with Crippen LogP contribution >= 0.6 is 0 Å². The maximum Gasteiger partial charge on any atom is 0.101 e. The van der Waals surface area contributed by atoms with Crippen LogP contribution in [0.5, 0.6) is 0 Å². The van der Waals surface area contributed by atoms with E-state index in [1.165, 1.54) is 264 Å². The van der Waals surface area contributed by atoms with Crippen molar-refractivity contribution in [2.45, 2.75) is 277 Å². The van der Waals surface area contributed by atoms with Crippen molar-refractivity contribution in [1.82, 2.24) is 9.80 Å². The zero-order valence-corrected chi connectivity index (χ0v) is 34.6. The number of rotatable bonds is 41. The molecule has 0 aromatic rings. The second-order valence-corrected chi connectivity index (χ2v) is 16.4. The molecule has 1 rings (SSSR count). The molecule has 0 aromatic heterocycles. The summed E-state index contributed by atoms with van der Waals surface area (Å²) in [6.45, 7) is 9.49. The molecule has 1 aliphatic rings. The van der Waals surface area contributed by atoms with Gasteiger partial charge in [-0.1, -0.05) is 245 Å². The predicted molar refractivity (Wildman–Crippen MR) is 223 cm³/mol. The van der Waals surface area contributed by atoms with E-state index in [1.54, 1.807) is 0 Å². The second-order valence-electron chi connectivity index (χ2n) is 16.4. The molecule has 1 atom stereocenters. The van der Waals surface area contributed by atoms with Crippen molar-refractivity contribution >= 4 is 0 Å². The van der Waals surface area contributed by atoms with E-state index in [4.69, 9.17) is 0 Å². The first kappa shape index (κ1) is 46.4. The highest BCUT2D eigenvalue weighted by atomic mass is 15.4. The molecule has 1 heterocycles. The summed E-state index contributed by atoms with van der Waals surface area (Å²) in [6.07, 6.45) is 61.9. The standard InChI is InChI=1S/C47H94N2/c1-4-7-10-13-16-19-22-24-25-27-29-32-35-38-41-44-49-46-45-48(43-40-37-34-31-21-18-15-12-9-6-3)47(49)42-39-36-33-30-28-26-23-20-17-14-11-8-5-2/h45-47H,4-44H2,1-3H3. The van der Waals surface area contributed by atoms with Gasteiger partial charge in [0.25, 0.3) is 0 Å². The lowest BCUT2D eigenvalue weighted by Crippen LogP contribution is -2.39. The fourth-order valence-electron chi connectivity index (χ4n) is 8.13. The maximum absolute atomic E-state index is 2.74. The summed E-state index contributed by atoms with van der Waals surface area (Å²) in [4.78, 5) is 5.47. The molecule has 1 aliphatic heterocycles. The van der Waals surface area contributed by atoms with Crippen molar-refractivity contribution in [3.8, 4) is 0 Å². The van der Waals surface area contributed by atoms with E-state index in [0.29, 0.717) is 6.17 Å². The van der Waals surface area contributed by atoms with Gasteiger partial charge < -0.3 is 9.80 Å². The van der Waals surface area contributed by atoms with Gasteiger partial charge in [-0.25, -0.2) is 0 Å². The Morgan fingerprint density at radius 2 is 0.469 bits per heavy atom. The molecule has 0 radical (unpaired) electrons. The van der Waals surface area contributed by atoms with Gasteiger partial charge in [0, 0.05) is 25.5 Å². The van der Waals surface area contributed by atoms with Crippen LogP contribution in [0.1, 0.15) is 271 Å². The summed E-state index contributed by atoms with van der Waals surface area (Å²) < 4.78 is 0. The molecule has 292 valence electrons. The summed E-state index contributed by atoms with van der Waals surface area (Å²) in [7, 11) is 0. The van der Waals surface area contributed by atoms with E-state index in [2.05, 4.69) is 43.0 Å². The smallest absolute Gasteiger partial charge is 0.101 e. The summed E-state index contributed by atoms with van der Waals surface area (Å²) in [5, 5.41) is 0. The molecule has 49 heavy (non-hydrogen) atoms. The molecule has 0 amide bonds. The SMILES string of the molecule is CCCCCCCCCCCCCCCCCN1C=CN(CCCCCCCCCCCC)C1CCCCCCCCCCCCCCC. The fraction of sp³-hybridized carbons (Fsp3) is 0.957. The Hall–Kier alpha value is -0.660. The highest BCUT2D eigenvalue weighted by Crippen LogP contribution is 2.24. The lowest BCUT2D eigenvalue weighted by Gasteiger charge is -2.33. The zero-order chi connectivity index (χ0) is 35.1. The molecular weight excluding hydrogens is 593 g/mol. The minimum Gasteiger partial charge on any atom is -0.356 e. The monoisotopic (exact) mass is 687 g/mol. The van der Waals surface area contributed by atoms with Crippen molar-refractivity contribution in [2.24, 2.45) is 0 Å². The Morgan fingerprint density at radius 1 is 0.265 bits per heavy atom. The number of hydrogen-bond acceptors (Lipinski definition) is 2. The van der Waals surface area contributed by atoms with Crippen molar-refractivity contribution in [2.75, 3.05) is 13.1 Å². The second kappa shape index (κ2) is 38.6. The van der Waals surface area contributed by atoms with Crippen LogP contribution < -0.4 is 0 Å². The van der Waals surface area contributed by atoms with Crippen LogP contribution in [0.15, 0.2) is 12.4 Å². The molecule has 1 unspecified atom stereocenters. The molecule has 0 fully saturated rings. The van der Waals surface area contributed by atoms with Gasteiger partial charge in [-0.05, 0) is 25.7 Å². The summed E-state index contributed by atoms with van der Waals surface area (Å²) in [6, 6.07) is 0. The van der Waals surface area contributed by atoms with Gasteiger partial charge in [-0.3, -0.25) is 0 Å². The third-order valence-corrected chi connectivity index (χ3v) is 11.6. The molecule has 0 aromatic carbocycles. The predicted octanol–water partition coefficient (Wildman–Crippen LogP) is 16.7. The van der Waals surface area contributed by atoms with Gasteiger partial charge in [-0.15, -0.1) is 0 Å². The summed E-state index contributed by atoms with van der Waals surface area (Å²) >= 11 is 0. The van der Waals surface area contributed by atoms with Gasteiger partial charge in [0.05, 0.1) is 0 Å². The molecule has 0 aliphatic carbocycles. The van der Waals surface area contributed by atoms with Gasteiger partial charge in [0.2, 0.25) is 0 Å². The topological polar surface area (TPSA) is 6.48 Å².